The van der Waals surface area contributed by atoms with E-state index in [1.54, 1.807) is 0 Å². The van der Waals surface area contributed by atoms with Gasteiger partial charge in [0.2, 0.25) is 0 Å². The van der Waals surface area contributed by atoms with Gasteiger partial charge in [-0.15, -0.1) is 0 Å². The normalized spacial score (nSPS) is 12.8. The summed E-state index contributed by atoms with van der Waals surface area (Å²) in [5, 5.41) is 12.0. The summed E-state index contributed by atoms with van der Waals surface area (Å²) in [5.41, 5.74) is 2.10. The summed E-state index contributed by atoms with van der Waals surface area (Å²) in [6, 6.07) is 31.4. The lowest BCUT2D eigenvalue weighted by atomic mass is 10.1. The smallest absolute Gasteiger partial charge is 0.261 e. The van der Waals surface area contributed by atoms with Crippen LogP contribution in [0.25, 0.3) is 5.57 Å². The van der Waals surface area contributed by atoms with Crippen molar-refractivity contribution < 1.29 is 9.53 Å². The Labute approximate surface area is 175 Å². The zero-order valence-corrected chi connectivity index (χ0v) is 18.5. The van der Waals surface area contributed by atoms with Crippen LogP contribution in [0.3, 0.4) is 0 Å². The SMILES string of the molecule is CC(C)(C)[Si](OC/C(=C\CO)c1ccccc1)(c1ccccc1)c1ccccc1. The molecule has 2 nitrogen and oxygen atoms in total. The summed E-state index contributed by atoms with van der Waals surface area (Å²) in [5.74, 6) is 0. The molecule has 29 heavy (non-hydrogen) atoms. The Bertz CT molecular complexity index is 874. The molecule has 3 heteroatoms. The van der Waals surface area contributed by atoms with Crippen LogP contribution in [-0.2, 0) is 4.43 Å². The molecule has 0 unspecified atom stereocenters. The lowest BCUT2D eigenvalue weighted by Gasteiger charge is -2.43. The first kappa shape index (κ1) is 21.3. The van der Waals surface area contributed by atoms with Gasteiger partial charge in [0.25, 0.3) is 8.32 Å². The molecule has 3 aromatic carbocycles. The Morgan fingerprint density at radius 2 is 1.24 bits per heavy atom. The average molecular weight is 403 g/mol. The number of aliphatic hydroxyl groups excluding tert-OH is 1. The summed E-state index contributed by atoms with van der Waals surface area (Å²) in [6.45, 7) is 7.28. The average Bonchev–Trinajstić information content (AvgIpc) is 2.74. The van der Waals surface area contributed by atoms with Crippen LogP contribution in [0.15, 0.2) is 97.1 Å². The van der Waals surface area contributed by atoms with Crippen LogP contribution in [0, 0.1) is 0 Å². The highest BCUT2D eigenvalue weighted by molar-refractivity contribution is 6.99. The molecule has 0 atom stereocenters. The molecule has 0 aliphatic rings. The fourth-order valence-electron chi connectivity index (χ4n) is 3.97. The number of rotatable bonds is 7. The fourth-order valence-corrected chi connectivity index (χ4v) is 8.50. The minimum Gasteiger partial charge on any atom is -0.403 e. The van der Waals surface area contributed by atoms with E-state index < -0.39 is 8.32 Å². The second-order valence-electron chi connectivity index (χ2n) is 8.23. The van der Waals surface area contributed by atoms with Crippen molar-refractivity contribution >= 4 is 24.3 Å². The Morgan fingerprint density at radius 3 is 1.66 bits per heavy atom. The predicted molar refractivity (Wildman–Crippen MR) is 125 cm³/mol. The first-order valence-corrected chi connectivity index (χ1v) is 12.0. The predicted octanol–water partition coefficient (Wildman–Crippen LogP) is 4.64. The Balaban J connectivity index is 2.09. The van der Waals surface area contributed by atoms with Crippen LogP contribution in [0.5, 0.6) is 0 Å². The number of hydrogen-bond donors (Lipinski definition) is 1. The van der Waals surface area contributed by atoms with Crippen molar-refractivity contribution in [2.75, 3.05) is 13.2 Å². The number of hydrogen-bond acceptors (Lipinski definition) is 2. The van der Waals surface area contributed by atoms with Crippen LogP contribution >= 0.6 is 0 Å². The van der Waals surface area contributed by atoms with Crippen LogP contribution < -0.4 is 10.4 Å². The van der Waals surface area contributed by atoms with Crippen molar-refractivity contribution in [1.29, 1.82) is 0 Å². The molecule has 0 aliphatic heterocycles. The van der Waals surface area contributed by atoms with Gasteiger partial charge in [-0.2, -0.15) is 0 Å². The van der Waals surface area contributed by atoms with E-state index in [2.05, 4.69) is 93.6 Å². The molecule has 0 aromatic heterocycles. The van der Waals surface area contributed by atoms with Gasteiger partial charge in [-0.25, -0.2) is 0 Å². The van der Waals surface area contributed by atoms with Gasteiger partial charge in [-0.05, 0) is 26.5 Å². The second kappa shape index (κ2) is 9.36. The lowest BCUT2D eigenvalue weighted by molar-refractivity contribution is 0.333. The summed E-state index contributed by atoms with van der Waals surface area (Å²) in [7, 11) is -2.60. The molecular weight excluding hydrogens is 372 g/mol. The van der Waals surface area contributed by atoms with Gasteiger partial charge in [0.15, 0.2) is 0 Å². The van der Waals surface area contributed by atoms with Gasteiger partial charge >= 0.3 is 0 Å². The van der Waals surface area contributed by atoms with E-state index >= 15 is 0 Å². The molecule has 3 aromatic rings. The largest absolute Gasteiger partial charge is 0.403 e. The molecule has 0 saturated carbocycles. The van der Waals surface area contributed by atoms with Gasteiger partial charge in [0, 0.05) is 0 Å². The highest BCUT2D eigenvalue weighted by atomic mass is 28.4. The molecule has 0 radical (unpaired) electrons. The highest BCUT2D eigenvalue weighted by Gasteiger charge is 2.50. The molecule has 150 valence electrons. The number of aliphatic hydroxyl groups is 1. The van der Waals surface area contributed by atoms with Crippen molar-refractivity contribution in [3.05, 3.63) is 103 Å². The van der Waals surface area contributed by atoms with E-state index in [0.717, 1.165) is 11.1 Å². The van der Waals surface area contributed by atoms with Gasteiger partial charge in [-0.1, -0.05) is 118 Å². The molecule has 0 spiro atoms. The Morgan fingerprint density at radius 1 is 0.793 bits per heavy atom. The summed E-state index contributed by atoms with van der Waals surface area (Å²) >= 11 is 0. The Kier molecular flexibility index (Phi) is 6.86. The highest BCUT2D eigenvalue weighted by Crippen LogP contribution is 2.37. The molecule has 0 amide bonds. The maximum absolute atomic E-state index is 9.60. The quantitative estimate of drug-likeness (QED) is 0.584. The third-order valence-corrected chi connectivity index (χ3v) is 10.3. The van der Waals surface area contributed by atoms with Gasteiger partial charge in [0.05, 0.1) is 13.2 Å². The third kappa shape index (κ3) is 4.59. The summed E-state index contributed by atoms with van der Waals surface area (Å²) in [4.78, 5) is 0. The monoisotopic (exact) mass is 402 g/mol. The van der Waals surface area contributed by atoms with Crippen molar-refractivity contribution in [2.45, 2.75) is 25.8 Å². The minimum absolute atomic E-state index is 0.00562. The topological polar surface area (TPSA) is 29.5 Å². The number of benzene rings is 3. The van der Waals surface area contributed by atoms with Crippen LogP contribution in [-0.4, -0.2) is 26.6 Å². The molecule has 3 rings (SSSR count). The first-order valence-electron chi connectivity index (χ1n) is 10.1. The first-order chi connectivity index (χ1) is 14.0. The maximum Gasteiger partial charge on any atom is 0.261 e. The fraction of sp³-hybridized carbons (Fsp3) is 0.231. The van der Waals surface area contributed by atoms with E-state index in [0.29, 0.717) is 6.61 Å². The van der Waals surface area contributed by atoms with Crippen LogP contribution in [0.4, 0.5) is 0 Å². The van der Waals surface area contributed by atoms with Crippen LogP contribution in [0.1, 0.15) is 26.3 Å². The van der Waals surface area contributed by atoms with E-state index in [1.165, 1.54) is 10.4 Å². The van der Waals surface area contributed by atoms with Crippen molar-refractivity contribution in [3.8, 4) is 0 Å². The van der Waals surface area contributed by atoms with Crippen molar-refractivity contribution in [2.24, 2.45) is 0 Å². The summed E-state index contributed by atoms with van der Waals surface area (Å²) in [6.07, 6.45) is 1.85. The molecule has 0 fully saturated rings. The van der Waals surface area contributed by atoms with E-state index in [1.807, 2.05) is 24.3 Å². The zero-order chi connectivity index (χ0) is 20.7. The summed E-state index contributed by atoms with van der Waals surface area (Å²) < 4.78 is 6.99. The van der Waals surface area contributed by atoms with Gasteiger partial charge < -0.3 is 9.53 Å². The van der Waals surface area contributed by atoms with Gasteiger partial charge in [0.1, 0.15) is 0 Å². The molecule has 1 N–H and O–H groups in total. The van der Waals surface area contributed by atoms with Crippen molar-refractivity contribution in [1.82, 2.24) is 0 Å². The standard InChI is InChI=1S/C26H30O2Si/c1-26(2,3)29(24-15-9-5-10-16-24,25-17-11-6-12-18-25)28-21-23(19-20-27)22-13-7-4-8-14-22/h4-19,27H,20-21H2,1-3H3/b23-19+. The van der Waals surface area contributed by atoms with Gasteiger partial charge in [-0.3, -0.25) is 0 Å². The molecule has 0 aliphatic carbocycles. The molecule has 0 saturated heterocycles. The second-order valence-corrected chi connectivity index (χ2v) is 12.5. The van der Waals surface area contributed by atoms with E-state index in [9.17, 15) is 5.11 Å². The lowest BCUT2D eigenvalue weighted by Crippen LogP contribution is -2.66. The molecule has 0 heterocycles. The van der Waals surface area contributed by atoms with E-state index in [-0.39, 0.29) is 11.6 Å². The van der Waals surface area contributed by atoms with E-state index in [4.69, 9.17) is 4.43 Å². The third-order valence-electron chi connectivity index (χ3n) is 5.34. The Hall–Kier alpha value is -2.46. The maximum atomic E-state index is 9.60. The minimum atomic E-state index is -2.60. The van der Waals surface area contributed by atoms with Crippen LogP contribution in [0.2, 0.25) is 5.04 Å². The molecule has 0 bridgehead atoms. The molecular formula is C26H30O2Si. The van der Waals surface area contributed by atoms with Crippen molar-refractivity contribution in [3.63, 3.8) is 0 Å². The zero-order valence-electron chi connectivity index (χ0n) is 17.5.